The fourth-order valence-electron chi connectivity index (χ4n) is 2.16. The van der Waals surface area contributed by atoms with E-state index in [9.17, 15) is 22.8 Å². The molecule has 0 N–H and O–H groups in total. The second-order valence-electron chi connectivity index (χ2n) is 5.48. The highest BCUT2D eigenvalue weighted by Gasteiger charge is 2.35. The predicted molar refractivity (Wildman–Crippen MR) is 81.0 cm³/mol. The van der Waals surface area contributed by atoms with Crippen LogP contribution in [0.25, 0.3) is 4.96 Å². The number of thiazole rings is 1. The van der Waals surface area contributed by atoms with Crippen molar-refractivity contribution < 1.29 is 18.0 Å². The van der Waals surface area contributed by atoms with Gasteiger partial charge in [-0.3, -0.25) is 14.0 Å². The van der Waals surface area contributed by atoms with Crippen LogP contribution in [0.15, 0.2) is 11.0 Å². The Balaban J connectivity index is 2.54. The molecule has 126 valence electrons. The maximum Gasteiger partial charge on any atom is 0.406 e. The zero-order chi connectivity index (χ0) is 17.5. The molecule has 0 aliphatic carbocycles. The van der Waals surface area contributed by atoms with Gasteiger partial charge in [-0.2, -0.15) is 13.2 Å². The van der Waals surface area contributed by atoms with Crippen molar-refractivity contribution >= 4 is 22.2 Å². The van der Waals surface area contributed by atoms with Crippen LogP contribution in [-0.2, 0) is 0 Å². The third kappa shape index (κ3) is 3.39. The molecule has 5 nitrogen and oxygen atoms in total. The van der Waals surface area contributed by atoms with E-state index in [2.05, 4.69) is 4.98 Å². The third-order valence-corrected chi connectivity index (χ3v) is 4.55. The van der Waals surface area contributed by atoms with Crippen molar-refractivity contribution in [2.45, 2.75) is 39.9 Å². The van der Waals surface area contributed by atoms with Crippen molar-refractivity contribution in [2.75, 3.05) is 6.54 Å². The fourth-order valence-corrected chi connectivity index (χ4v) is 3.09. The molecule has 0 atom stereocenters. The summed E-state index contributed by atoms with van der Waals surface area (Å²) < 4.78 is 39.3. The molecular weight excluding hydrogens is 331 g/mol. The molecule has 0 saturated carbocycles. The standard InChI is InChI=1S/C14H16F3N3O2S/c1-7(2)19(6-14(15,16)17)11(21)10-5-18-13-20(12(10)22)8(3)9(4)23-13/h5,7H,6H2,1-4H3. The van der Waals surface area contributed by atoms with Gasteiger partial charge in [-0.15, -0.1) is 11.3 Å². The van der Waals surface area contributed by atoms with Crippen molar-refractivity contribution in [1.29, 1.82) is 0 Å². The molecule has 0 bridgehead atoms. The first-order valence-electron chi connectivity index (χ1n) is 6.88. The molecule has 0 spiro atoms. The largest absolute Gasteiger partial charge is 0.406 e. The Bertz CT molecular complexity index is 808. The number of rotatable bonds is 3. The second kappa shape index (κ2) is 5.95. The smallest absolute Gasteiger partial charge is 0.327 e. The van der Waals surface area contributed by atoms with Crippen LogP contribution in [0.4, 0.5) is 13.2 Å². The Hall–Kier alpha value is -1.90. The number of aryl methyl sites for hydroxylation is 2. The van der Waals surface area contributed by atoms with E-state index >= 15 is 0 Å². The van der Waals surface area contributed by atoms with Crippen molar-refractivity contribution in [3.8, 4) is 0 Å². The number of aromatic nitrogens is 2. The van der Waals surface area contributed by atoms with E-state index in [1.807, 2.05) is 0 Å². The lowest BCUT2D eigenvalue weighted by atomic mass is 10.2. The average Bonchev–Trinajstić information content (AvgIpc) is 2.71. The van der Waals surface area contributed by atoms with Gasteiger partial charge in [0.1, 0.15) is 12.1 Å². The summed E-state index contributed by atoms with van der Waals surface area (Å²) in [6.45, 7) is 5.03. The third-order valence-electron chi connectivity index (χ3n) is 3.48. The van der Waals surface area contributed by atoms with E-state index < -0.39 is 30.2 Å². The summed E-state index contributed by atoms with van der Waals surface area (Å²) in [6.07, 6.45) is -3.48. The molecule has 1 amide bonds. The maximum atomic E-state index is 12.7. The van der Waals surface area contributed by atoms with Crippen LogP contribution in [0.5, 0.6) is 0 Å². The average molecular weight is 347 g/mol. The van der Waals surface area contributed by atoms with Crippen LogP contribution in [0.1, 0.15) is 34.8 Å². The normalized spacial score (nSPS) is 12.2. The van der Waals surface area contributed by atoms with Gasteiger partial charge in [-0.05, 0) is 27.7 Å². The minimum absolute atomic E-state index is 0.360. The van der Waals surface area contributed by atoms with Crippen LogP contribution in [0.3, 0.4) is 0 Å². The molecule has 2 heterocycles. The maximum absolute atomic E-state index is 12.7. The van der Waals surface area contributed by atoms with E-state index in [-0.39, 0.29) is 5.56 Å². The van der Waals surface area contributed by atoms with Gasteiger partial charge in [-0.1, -0.05) is 0 Å². The number of fused-ring (bicyclic) bond motifs is 1. The summed E-state index contributed by atoms with van der Waals surface area (Å²) >= 11 is 1.28. The summed E-state index contributed by atoms with van der Waals surface area (Å²) in [5, 5.41) is 0. The number of carbonyl (C=O) groups excluding carboxylic acids is 1. The second-order valence-corrected chi connectivity index (χ2v) is 6.66. The summed E-state index contributed by atoms with van der Waals surface area (Å²) in [7, 11) is 0. The number of amides is 1. The first-order valence-corrected chi connectivity index (χ1v) is 7.70. The van der Waals surface area contributed by atoms with Crippen molar-refractivity contribution in [3.05, 3.63) is 32.7 Å². The van der Waals surface area contributed by atoms with Gasteiger partial charge in [0, 0.05) is 22.8 Å². The Morgan fingerprint density at radius 2 is 2.00 bits per heavy atom. The zero-order valence-electron chi connectivity index (χ0n) is 13.1. The Morgan fingerprint density at radius 3 is 2.52 bits per heavy atom. The lowest BCUT2D eigenvalue weighted by molar-refractivity contribution is -0.143. The van der Waals surface area contributed by atoms with Gasteiger partial charge in [0.15, 0.2) is 4.96 Å². The van der Waals surface area contributed by atoms with E-state index in [0.717, 1.165) is 11.1 Å². The summed E-state index contributed by atoms with van der Waals surface area (Å²) in [4.78, 5) is 30.8. The SMILES string of the molecule is Cc1sc2ncc(C(=O)N(CC(F)(F)F)C(C)C)c(=O)n2c1C. The fraction of sp³-hybridized carbons (Fsp3) is 0.500. The summed E-state index contributed by atoms with van der Waals surface area (Å²) in [5.74, 6) is -0.965. The van der Waals surface area contributed by atoms with E-state index in [0.29, 0.717) is 15.6 Å². The van der Waals surface area contributed by atoms with E-state index in [1.165, 1.54) is 29.6 Å². The number of hydrogen-bond donors (Lipinski definition) is 0. The van der Waals surface area contributed by atoms with Gasteiger partial charge in [0.2, 0.25) is 0 Å². The number of carbonyl (C=O) groups is 1. The molecule has 2 aromatic rings. The van der Waals surface area contributed by atoms with Gasteiger partial charge in [0.05, 0.1) is 0 Å². The Morgan fingerprint density at radius 1 is 1.39 bits per heavy atom. The van der Waals surface area contributed by atoms with Crippen LogP contribution in [0, 0.1) is 13.8 Å². The van der Waals surface area contributed by atoms with Gasteiger partial charge >= 0.3 is 6.18 Å². The van der Waals surface area contributed by atoms with Crippen molar-refractivity contribution in [1.82, 2.24) is 14.3 Å². The number of alkyl halides is 3. The Labute approximate surface area is 134 Å². The van der Waals surface area contributed by atoms with Gasteiger partial charge < -0.3 is 4.90 Å². The highest BCUT2D eigenvalue weighted by atomic mass is 32.1. The van der Waals surface area contributed by atoms with Crippen LogP contribution < -0.4 is 5.56 Å². The number of hydrogen-bond acceptors (Lipinski definition) is 4. The Kier molecular flexibility index (Phi) is 4.52. The first-order chi connectivity index (χ1) is 10.5. The summed E-state index contributed by atoms with van der Waals surface area (Å²) in [6, 6.07) is -0.700. The van der Waals surface area contributed by atoms with Crippen LogP contribution in [0.2, 0.25) is 0 Å². The molecule has 0 saturated heterocycles. The molecule has 0 fully saturated rings. The van der Waals surface area contributed by atoms with E-state index in [1.54, 1.807) is 13.8 Å². The first kappa shape index (κ1) is 17.5. The molecule has 23 heavy (non-hydrogen) atoms. The van der Waals surface area contributed by atoms with Gasteiger partial charge in [0.25, 0.3) is 11.5 Å². The monoisotopic (exact) mass is 347 g/mol. The molecular formula is C14H16F3N3O2S. The number of nitrogens with zero attached hydrogens (tertiary/aromatic N) is 3. The highest BCUT2D eigenvalue weighted by molar-refractivity contribution is 7.17. The van der Waals surface area contributed by atoms with Gasteiger partial charge in [-0.25, -0.2) is 4.98 Å². The predicted octanol–water partition coefficient (Wildman–Crippen LogP) is 2.79. The molecule has 0 aliphatic heterocycles. The highest BCUT2D eigenvalue weighted by Crippen LogP contribution is 2.21. The lowest BCUT2D eigenvalue weighted by Gasteiger charge is -2.27. The van der Waals surface area contributed by atoms with E-state index in [4.69, 9.17) is 0 Å². The van der Waals surface area contributed by atoms with Crippen LogP contribution >= 0.6 is 11.3 Å². The molecule has 2 rings (SSSR count). The summed E-state index contributed by atoms with van der Waals surface area (Å²) in [5.41, 5.74) is -0.375. The van der Waals surface area contributed by atoms with Crippen molar-refractivity contribution in [3.63, 3.8) is 0 Å². The molecule has 0 unspecified atom stereocenters. The zero-order valence-corrected chi connectivity index (χ0v) is 13.9. The topological polar surface area (TPSA) is 54.7 Å². The molecule has 9 heteroatoms. The quantitative estimate of drug-likeness (QED) is 0.858. The molecule has 2 aromatic heterocycles. The lowest BCUT2D eigenvalue weighted by Crippen LogP contribution is -2.45. The molecule has 0 radical (unpaired) electrons. The van der Waals surface area contributed by atoms with Crippen LogP contribution in [-0.4, -0.2) is 39.0 Å². The molecule has 0 aliphatic rings. The molecule has 0 aromatic carbocycles. The minimum Gasteiger partial charge on any atom is -0.327 e. The van der Waals surface area contributed by atoms with Crippen molar-refractivity contribution in [2.24, 2.45) is 0 Å². The minimum atomic E-state index is -4.54. The number of halogens is 3.